The summed E-state index contributed by atoms with van der Waals surface area (Å²) in [6.07, 6.45) is 5.51. The first-order chi connectivity index (χ1) is 19.6. The van der Waals surface area contributed by atoms with Crippen LogP contribution in [0.25, 0.3) is 0 Å². The van der Waals surface area contributed by atoms with Crippen LogP contribution in [0.1, 0.15) is 55.8 Å². The number of halogens is 2. The lowest BCUT2D eigenvalue weighted by Gasteiger charge is -2.40. The first kappa shape index (κ1) is 27.1. The fraction of sp³-hybridized carbons (Fsp3) is 0.267. The van der Waals surface area contributed by atoms with Crippen molar-refractivity contribution in [3.8, 4) is 5.88 Å². The molecule has 1 saturated carbocycles. The summed E-state index contributed by atoms with van der Waals surface area (Å²) in [4.78, 5) is 33.1. The fourth-order valence-electron chi connectivity index (χ4n) is 5.11. The molecule has 1 fully saturated rings. The van der Waals surface area contributed by atoms with Crippen molar-refractivity contribution in [3.63, 3.8) is 0 Å². The summed E-state index contributed by atoms with van der Waals surface area (Å²) in [6.45, 7) is -0.160. The fourth-order valence-corrected chi connectivity index (χ4v) is 5.23. The number of nitrogens with zero attached hydrogens (tertiary/aromatic N) is 4. The Morgan fingerprint density at radius 3 is 2.49 bits per heavy atom. The topological polar surface area (TPSA) is 107 Å². The number of rotatable bonds is 9. The van der Waals surface area contributed by atoms with E-state index in [1.807, 2.05) is 0 Å². The SMILES string of the molecule is COc1ccc(CN2C(=O)c3cc(C(=O)c4cnn(C)c4)cc(F)c3[C@]2(OCC2(O)CC2)c2ccc(Cl)cc2)cn1. The molecule has 9 nitrogen and oxygen atoms in total. The molecule has 1 aliphatic heterocycles. The van der Waals surface area contributed by atoms with Crippen molar-refractivity contribution in [1.82, 2.24) is 19.7 Å². The molecule has 2 aromatic carbocycles. The van der Waals surface area contributed by atoms with Gasteiger partial charge < -0.3 is 14.6 Å². The average Bonchev–Trinajstić information content (AvgIpc) is 3.46. The van der Waals surface area contributed by atoms with Crippen LogP contribution in [0.5, 0.6) is 5.88 Å². The third-order valence-corrected chi connectivity index (χ3v) is 7.73. The minimum Gasteiger partial charge on any atom is -0.481 e. The summed E-state index contributed by atoms with van der Waals surface area (Å²) < 4.78 is 29.5. The van der Waals surface area contributed by atoms with Gasteiger partial charge in [0, 0.05) is 41.7 Å². The summed E-state index contributed by atoms with van der Waals surface area (Å²) in [5, 5.41) is 15.2. The number of pyridine rings is 1. The smallest absolute Gasteiger partial charge is 0.257 e. The monoisotopic (exact) mass is 576 g/mol. The van der Waals surface area contributed by atoms with Crippen LogP contribution in [0.2, 0.25) is 5.02 Å². The Labute approximate surface area is 240 Å². The second-order valence-corrected chi connectivity index (χ2v) is 10.8. The van der Waals surface area contributed by atoms with Gasteiger partial charge in [0.1, 0.15) is 5.82 Å². The number of benzene rings is 2. The average molecular weight is 577 g/mol. The van der Waals surface area contributed by atoms with Crippen LogP contribution in [0.4, 0.5) is 4.39 Å². The van der Waals surface area contributed by atoms with Crippen molar-refractivity contribution in [2.24, 2.45) is 7.05 Å². The number of ketones is 1. The van der Waals surface area contributed by atoms with E-state index in [1.165, 1.54) is 35.2 Å². The molecule has 1 atom stereocenters. The number of hydrogen-bond acceptors (Lipinski definition) is 7. The maximum Gasteiger partial charge on any atom is 0.257 e. The number of ether oxygens (including phenoxy) is 2. The van der Waals surface area contributed by atoms with E-state index in [1.54, 1.807) is 49.6 Å². The molecule has 1 aliphatic carbocycles. The number of methoxy groups -OCH3 is 1. The normalized spacial score (nSPS) is 18.9. The second-order valence-electron chi connectivity index (χ2n) is 10.4. The van der Waals surface area contributed by atoms with Gasteiger partial charge in [-0.3, -0.25) is 19.2 Å². The molecule has 4 aromatic rings. The van der Waals surface area contributed by atoms with Crippen LogP contribution in [0.3, 0.4) is 0 Å². The van der Waals surface area contributed by atoms with Gasteiger partial charge in [0.05, 0.1) is 48.7 Å². The number of aryl methyl sites for hydroxylation is 1. The van der Waals surface area contributed by atoms with Crippen LogP contribution in [-0.2, 0) is 24.1 Å². The van der Waals surface area contributed by atoms with Crippen molar-refractivity contribution < 1.29 is 28.6 Å². The van der Waals surface area contributed by atoms with Crippen LogP contribution >= 0.6 is 11.6 Å². The number of hydrogen-bond donors (Lipinski definition) is 1. The largest absolute Gasteiger partial charge is 0.481 e. The third kappa shape index (κ3) is 4.77. The van der Waals surface area contributed by atoms with Crippen LogP contribution < -0.4 is 4.74 Å². The second kappa shape index (κ2) is 10.1. The Balaban J connectivity index is 1.53. The summed E-state index contributed by atoms with van der Waals surface area (Å²) in [5.41, 5.74) is -1.58. The minimum absolute atomic E-state index is 0.00129. The molecule has 0 radical (unpaired) electrons. The minimum atomic E-state index is -1.77. The van der Waals surface area contributed by atoms with Gasteiger partial charge in [-0.2, -0.15) is 5.10 Å². The molecule has 1 N–H and O–H groups in total. The first-order valence-electron chi connectivity index (χ1n) is 12.9. The van der Waals surface area contributed by atoms with Crippen LogP contribution in [0.15, 0.2) is 67.1 Å². The number of aromatic nitrogens is 3. The maximum absolute atomic E-state index is 16.4. The quantitative estimate of drug-likeness (QED) is 0.297. The lowest BCUT2D eigenvalue weighted by atomic mass is 9.90. The summed E-state index contributed by atoms with van der Waals surface area (Å²) in [7, 11) is 3.17. The Hall–Kier alpha value is -4.12. The highest BCUT2D eigenvalue weighted by Crippen LogP contribution is 2.49. The van der Waals surface area contributed by atoms with E-state index >= 15 is 4.39 Å². The highest BCUT2D eigenvalue weighted by atomic mass is 35.5. The van der Waals surface area contributed by atoms with Crippen molar-refractivity contribution in [1.29, 1.82) is 0 Å². The third-order valence-electron chi connectivity index (χ3n) is 7.47. The van der Waals surface area contributed by atoms with E-state index in [9.17, 15) is 14.7 Å². The molecule has 0 bridgehead atoms. The lowest BCUT2D eigenvalue weighted by Crippen LogP contribution is -2.48. The molecular weight excluding hydrogens is 551 g/mol. The zero-order valence-corrected chi connectivity index (χ0v) is 23.1. The molecular formula is C30H26ClFN4O5. The van der Waals surface area contributed by atoms with Crippen LogP contribution in [0, 0.1) is 5.82 Å². The zero-order valence-electron chi connectivity index (χ0n) is 22.3. The predicted octanol–water partition coefficient (Wildman–Crippen LogP) is 4.25. The molecule has 1 amide bonds. The number of aliphatic hydroxyl groups is 1. The van der Waals surface area contributed by atoms with E-state index in [-0.39, 0.29) is 35.4 Å². The zero-order chi connectivity index (χ0) is 28.9. The van der Waals surface area contributed by atoms with Gasteiger partial charge in [-0.25, -0.2) is 9.37 Å². The van der Waals surface area contributed by atoms with E-state index in [4.69, 9.17) is 21.1 Å². The molecule has 11 heteroatoms. The number of carbonyl (C=O) groups excluding carboxylic acids is 2. The molecule has 0 spiro atoms. The van der Waals surface area contributed by atoms with Crippen molar-refractivity contribution in [2.75, 3.05) is 13.7 Å². The Morgan fingerprint density at radius 2 is 1.88 bits per heavy atom. The Morgan fingerprint density at radius 1 is 1.12 bits per heavy atom. The standard InChI is InChI=1S/C30H26ClFN4O5/c1-35-16-20(14-34-35)27(37)19-11-23-26(24(32)12-19)30(41-17-29(39)9-10-29,21-4-6-22(31)7-5-21)36(28(23)38)15-18-3-8-25(40-2)33-13-18/h3-8,11-14,16,39H,9-10,15,17H2,1-2H3/t30-/m1/s1. The Bertz CT molecular complexity index is 1650. The molecule has 2 aromatic heterocycles. The Kier molecular flexibility index (Phi) is 6.64. The first-order valence-corrected chi connectivity index (χ1v) is 13.3. The summed E-state index contributed by atoms with van der Waals surface area (Å²) in [6, 6.07) is 12.5. The highest BCUT2D eigenvalue weighted by Gasteiger charge is 2.56. The van der Waals surface area contributed by atoms with Gasteiger partial charge in [0.15, 0.2) is 11.5 Å². The molecule has 41 heavy (non-hydrogen) atoms. The molecule has 210 valence electrons. The molecule has 0 saturated heterocycles. The van der Waals surface area contributed by atoms with Gasteiger partial charge in [-0.05, 0) is 42.7 Å². The van der Waals surface area contributed by atoms with Crippen LogP contribution in [-0.4, -0.2) is 55.8 Å². The summed E-state index contributed by atoms with van der Waals surface area (Å²) >= 11 is 6.19. The maximum atomic E-state index is 16.4. The number of carbonyl (C=O) groups is 2. The molecule has 3 heterocycles. The van der Waals surface area contributed by atoms with Crippen molar-refractivity contribution in [2.45, 2.75) is 30.7 Å². The van der Waals surface area contributed by atoms with Gasteiger partial charge in [0.25, 0.3) is 5.91 Å². The van der Waals surface area contributed by atoms with Gasteiger partial charge in [0.2, 0.25) is 5.88 Å². The lowest BCUT2D eigenvalue weighted by molar-refractivity contribution is -0.139. The van der Waals surface area contributed by atoms with Gasteiger partial charge in [-0.15, -0.1) is 0 Å². The van der Waals surface area contributed by atoms with E-state index in [2.05, 4.69) is 10.1 Å². The van der Waals surface area contributed by atoms with E-state index < -0.39 is 28.8 Å². The predicted molar refractivity (Wildman–Crippen MR) is 146 cm³/mol. The number of amides is 1. The summed E-state index contributed by atoms with van der Waals surface area (Å²) in [5.74, 6) is -1.43. The van der Waals surface area contributed by atoms with Crippen molar-refractivity contribution >= 4 is 23.3 Å². The van der Waals surface area contributed by atoms with E-state index in [0.29, 0.717) is 34.9 Å². The molecule has 0 unspecified atom stereocenters. The number of fused-ring (bicyclic) bond motifs is 1. The van der Waals surface area contributed by atoms with Crippen molar-refractivity contribution in [3.05, 3.63) is 111 Å². The van der Waals surface area contributed by atoms with E-state index in [0.717, 1.165) is 6.07 Å². The molecule has 6 rings (SSSR count). The molecule has 2 aliphatic rings. The van der Waals surface area contributed by atoms with Gasteiger partial charge >= 0.3 is 0 Å². The van der Waals surface area contributed by atoms with Gasteiger partial charge in [-0.1, -0.05) is 29.8 Å². The highest BCUT2D eigenvalue weighted by molar-refractivity contribution is 6.30.